The van der Waals surface area contributed by atoms with Crippen molar-refractivity contribution in [2.75, 3.05) is 0 Å². The Morgan fingerprint density at radius 3 is 2.39 bits per heavy atom. The van der Waals surface area contributed by atoms with Crippen molar-refractivity contribution in [3.63, 3.8) is 0 Å². The van der Waals surface area contributed by atoms with E-state index in [4.69, 9.17) is 0 Å². The number of hydrogen-bond donors (Lipinski definition) is 0. The molecular weight excluding hydrogens is 243 g/mol. The van der Waals surface area contributed by atoms with Crippen molar-refractivity contribution < 1.29 is 13.2 Å². The molecule has 0 N–H and O–H groups in total. The SMILES string of the molecule is CCCCCCCn1cc(C(F)(F)F)ccc1=O. The summed E-state index contributed by atoms with van der Waals surface area (Å²) < 4.78 is 38.6. The summed E-state index contributed by atoms with van der Waals surface area (Å²) in [6, 6.07) is 1.81. The molecule has 0 fully saturated rings. The van der Waals surface area contributed by atoms with Crippen LogP contribution < -0.4 is 5.56 Å². The van der Waals surface area contributed by atoms with Gasteiger partial charge in [-0.15, -0.1) is 0 Å². The van der Waals surface area contributed by atoms with Gasteiger partial charge in [-0.3, -0.25) is 4.79 Å². The van der Waals surface area contributed by atoms with Crippen LogP contribution in [0, 0.1) is 0 Å². The zero-order valence-electron chi connectivity index (χ0n) is 10.5. The fourth-order valence-electron chi connectivity index (χ4n) is 1.76. The third kappa shape index (κ3) is 4.55. The molecule has 18 heavy (non-hydrogen) atoms. The minimum Gasteiger partial charge on any atom is -0.315 e. The van der Waals surface area contributed by atoms with Crippen LogP contribution in [0.25, 0.3) is 0 Å². The number of halogens is 3. The predicted molar refractivity (Wildman–Crippen MR) is 64.5 cm³/mol. The number of alkyl halides is 3. The van der Waals surface area contributed by atoms with E-state index in [0.29, 0.717) is 6.54 Å². The van der Waals surface area contributed by atoms with Crippen molar-refractivity contribution in [2.24, 2.45) is 0 Å². The highest BCUT2D eigenvalue weighted by Crippen LogP contribution is 2.28. The number of rotatable bonds is 6. The van der Waals surface area contributed by atoms with Crippen molar-refractivity contribution in [1.29, 1.82) is 0 Å². The average molecular weight is 261 g/mol. The highest BCUT2D eigenvalue weighted by Gasteiger charge is 2.30. The predicted octanol–water partition coefficient (Wildman–Crippen LogP) is 3.84. The van der Waals surface area contributed by atoms with Crippen LogP contribution in [0.2, 0.25) is 0 Å². The van der Waals surface area contributed by atoms with Crippen LogP contribution in [0.1, 0.15) is 44.6 Å². The molecule has 0 bridgehead atoms. The lowest BCUT2D eigenvalue weighted by Crippen LogP contribution is -2.21. The normalized spacial score (nSPS) is 11.8. The Morgan fingerprint density at radius 1 is 1.11 bits per heavy atom. The van der Waals surface area contributed by atoms with Crippen molar-refractivity contribution >= 4 is 0 Å². The Hall–Kier alpha value is -1.26. The summed E-state index contributed by atoms with van der Waals surface area (Å²) in [5.74, 6) is 0. The van der Waals surface area contributed by atoms with Gasteiger partial charge in [0.15, 0.2) is 0 Å². The second-order valence-electron chi connectivity index (χ2n) is 4.36. The Balaban J connectivity index is 2.62. The fraction of sp³-hybridized carbons (Fsp3) is 0.615. The summed E-state index contributed by atoms with van der Waals surface area (Å²) in [7, 11) is 0. The van der Waals surface area contributed by atoms with Gasteiger partial charge in [0.25, 0.3) is 5.56 Å². The molecule has 2 nitrogen and oxygen atoms in total. The third-order valence-electron chi connectivity index (χ3n) is 2.81. The lowest BCUT2D eigenvalue weighted by Gasteiger charge is -2.10. The monoisotopic (exact) mass is 261 g/mol. The molecular formula is C13H18F3NO. The van der Waals surface area contributed by atoms with E-state index in [9.17, 15) is 18.0 Å². The molecule has 1 aromatic heterocycles. The molecule has 1 aromatic rings. The van der Waals surface area contributed by atoms with Gasteiger partial charge in [0.1, 0.15) is 0 Å². The number of pyridine rings is 1. The summed E-state index contributed by atoms with van der Waals surface area (Å²) in [6.07, 6.45) is 1.49. The van der Waals surface area contributed by atoms with E-state index in [0.717, 1.165) is 55.0 Å². The van der Waals surface area contributed by atoms with Gasteiger partial charge in [0.2, 0.25) is 0 Å². The maximum Gasteiger partial charge on any atom is 0.417 e. The number of nitrogens with zero attached hydrogens (tertiary/aromatic N) is 1. The molecule has 102 valence electrons. The van der Waals surface area contributed by atoms with E-state index in [1.165, 1.54) is 0 Å². The average Bonchev–Trinajstić information content (AvgIpc) is 2.29. The van der Waals surface area contributed by atoms with E-state index in [2.05, 4.69) is 6.92 Å². The van der Waals surface area contributed by atoms with Gasteiger partial charge in [-0.05, 0) is 12.5 Å². The molecule has 0 aromatic carbocycles. The smallest absolute Gasteiger partial charge is 0.315 e. The largest absolute Gasteiger partial charge is 0.417 e. The van der Waals surface area contributed by atoms with Crippen LogP contribution in [0.15, 0.2) is 23.1 Å². The van der Waals surface area contributed by atoms with Gasteiger partial charge in [0, 0.05) is 18.8 Å². The first-order valence-corrected chi connectivity index (χ1v) is 6.23. The molecule has 0 aliphatic heterocycles. The summed E-state index contributed by atoms with van der Waals surface area (Å²) in [5, 5.41) is 0. The molecule has 1 heterocycles. The highest BCUT2D eigenvalue weighted by molar-refractivity contribution is 5.13. The van der Waals surface area contributed by atoms with Gasteiger partial charge in [-0.2, -0.15) is 13.2 Å². The zero-order chi connectivity index (χ0) is 13.6. The second kappa shape index (κ2) is 6.61. The number of unbranched alkanes of at least 4 members (excludes halogenated alkanes) is 4. The van der Waals surface area contributed by atoms with Crippen molar-refractivity contribution in [1.82, 2.24) is 4.57 Å². The van der Waals surface area contributed by atoms with Crippen LogP contribution in [0.5, 0.6) is 0 Å². The first-order valence-electron chi connectivity index (χ1n) is 6.23. The molecule has 5 heteroatoms. The Labute approximate surface area is 104 Å². The lowest BCUT2D eigenvalue weighted by molar-refractivity contribution is -0.138. The van der Waals surface area contributed by atoms with Crippen molar-refractivity contribution in [2.45, 2.75) is 51.7 Å². The van der Waals surface area contributed by atoms with Crippen LogP contribution in [-0.2, 0) is 12.7 Å². The van der Waals surface area contributed by atoms with Gasteiger partial charge in [0.05, 0.1) is 5.56 Å². The van der Waals surface area contributed by atoms with Gasteiger partial charge in [-0.1, -0.05) is 32.6 Å². The summed E-state index contributed by atoms with van der Waals surface area (Å²) in [6.45, 7) is 2.45. The van der Waals surface area contributed by atoms with E-state index < -0.39 is 11.7 Å². The highest BCUT2D eigenvalue weighted by atomic mass is 19.4. The topological polar surface area (TPSA) is 22.0 Å². The number of aryl methyl sites for hydroxylation is 1. The lowest BCUT2D eigenvalue weighted by atomic mass is 10.1. The van der Waals surface area contributed by atoms with Crippen LogP contribution in [-0.4, -0.2) is 4.57 Å². The Bertz CT molecular complexity index is 423. The summed E-state index contributed by atoms with van der Waals surface area (Å²) in [4.78, 5) is 11.4. The number of aromatic nitrogens is 1. The fourth-order valence-corrected chi connectivity index (χ4v) is 1.76. The maximum atomic E-state index is 12.5. The standard InChI is InChI=1S/C13H18F3NO/c1-2-3-4-5-6-9-17-10-11(13(14,15)16)7-8-12(17)18/h7-8,10H,2-6,9H2,1H3. The molecule has 0 radical (unpaired) electrons. The van der Waals surface area contributed by atoms with Crippen molar-refractivity contribution in [3.8, 4) is 0 Å². The molecule has 0 amide bonds. The minimum absolute atomic E-state index is 0.354. The Morgan fingerprint density at radius 2 is 1.78 bits per heavy atom. The molecule has 0 saturated heterocycles. The van der Waals surface area contributed by atoms with E-state index in [1.807, 2.05) is 0 Å². The first-order chi connectivity index (χ1) is 8.45. The van der Waals surface area contributed by atoms with Crippen LogP contribution in [0.4, 0.5) is 13.2 Å². The van der Waals surface area contributed by atoms with Crippen LogP contribution >= 0.6 is 0 Å². The maximum absolute atomic E-state index is 12.5. The van der Waals surface area contributed by atoms with Crippen LogP contribution in [0.3, 0.4) is 0 Å². The molecule has 1 rings (SSSR count). The second-order valence-corrected chi connectivity index (χ2v) is 4.36. The quantitative estimate of drug-likeness (QED) is 0.713. The molecule has 0 atom stereocenters. The molecule has 0 spiro atoms. The summed E-state index contributed by atoms with van der Waals surface area (Å²) in [5.41, 5.74) is -1.14. The van der Waals surface area contributed by atoms with Crippen molar-refractivity contribution in [3.05, 3.63) is 34.2 Å². The molecule has 0 unspecified atom stereocenters. The molecule has 0 aliphatic rings. The number of hydrogen-bond acceptors (Lipinski definition) is 1. The summed E-state index contributed by atoms with van der Waals surface area (Å²) >= 11 is 0. The molecule has 0 saturated carbocycles. The van der Waals surface area contributed by atoms with E-state index in [-0.39, 0.29) is 5.56 Å². The molecule has 0 aliphatic carbocycles. The van der Waals surface area contributed by atoms with Gasteiger partial charge in [-0.25, -0.2) is 0 Å². The van der Waals surface area contributed by atoms with Gasteiger partial charge < -0.3 is 4.57 Å². The van der Waals surface area contributed by atoms with E-state index >= 15 is 0 Å². The van der Waals surface area contributed by atoms with E-state index in [1.54, 1.807) is 0 Å². The van der Waals surface area contributed by atoms with Gasteiger partial charge >= 0.3 is 6.18 Å². The minimum atomic E-state index is -4.39. The first kappa shape index (κ1) is 14.8. The Kier molecular flexibility index (Phi) is 5.44. The third-order valence-corrected chi connectivity index (χ3v) is 2.81. The zero-order valence-corrected chi connectivity index (χ0v) is 10.5.